The molecule has 2 fully saturated rings. The molecule has 130 valence electrons. The highest BCUT2D eigenvalue weighted by atomic mass is 19.2. The first-order valence-electron chi connectivity index (χ1n) is 8.55. The van der Waals surface area contributed by atoms with Crippen LogP contribution in [-0.2, 0) is 9.59 Å². The monoisotopic (exact) mass is 336 g/mol. The van der Waals surface area contributed by atoms with E-state index in [1.807, 2.05) is 4.90 Å². The second-order valence-corrected chi connectivity index (χ2v) is 6.72. The molecule has 0 radical (unpaired) electrons. The number of piperidine rings is 1. The van der Waals surface area contributed by atoms with Crippen molar-refractivity contribution < 1.29 is 18.4 Å². The molecule has 1 atom stereocenters. The van der Waals surface area contributed by atoms with E-state index in [-0.39, 0.29) is 17.6 Å². The Morgan fingerprint density at radius 2 is 2.00 bits per heavy atom. The highest BCUT2D eigenvalue weighted by Gasteiger charge is 2.58. The van der Waals surface area contributed by atoms with Gasteiger partial charge in [-0.15, -0.1) is 0 Å². The summed E-state index contributed by atoms with van der Waals surface area (Å²) >= 11 is 0. The number of hydrogen-bond donors (Lipinski definition) is 1. The van der Waals surface area contributed by atoms with E-state index in [0.717, 1.165) is 37.8 Å². The van der Waals surface area contributed by atoms with Crippen molar-refractivity contribution in [2.45, 2.75) is 51.5 Å². The van der Waals surface area contributed by atoms with Gasteiger partial charge in [0.15, 0.2) is 11.6 Å². The fourth-order valence-corrected chi connectivity index (χ4v) is 3.45. The van der Waals surface area contributed by atoms with E-state index in [1.54, 1.807) is 0 Å². The van der Waals surface area contributed by atoms with Crippen LogP contribution in [-0.4, -0.2) is 29.3 Å². The summed E-state index contributed by atoms with van der Waals surface area (Å²) in [6, 6.07) is 3.39. The predicted molar refractivity (Wildman–Crippen MR) is 86.3 cm³/mol. The van der Waals surface area contributed by atoms with Crippen LogP contribution in [0.25, 0.3) is 0 Å². The van der Waals surface area contributed by atoms with Gasteiger partial charge in [-0.05, 0) is 50.7 Å². The summed E-state index contributed by atoms with van der Waals surface area (Å²) in [4.78, 5) is 27.4. The number of nitrogens with one attached hydrogen (secondary N) is 1. The summed E-state index contributed by atoms with van der Waals surface area (Å²) in [5.41, 5.74) is -0.862. The third-order valence-corrected chi connectivity index (χ3v) is 5.13. The minimum atomic E-state index is -1.03. The maximum atomic E-state index is 13.3. The molecule has 1 N–H and O–H groups in total. The maximum absolute atomic E-state index is 13.3. The molecule has 1 aliphatic carbocycles. The summed E-state index contributed by atoms with van der Waals surface area (Å²) in [6.45, 7) is 2.74. The largest absolute Gasteiger partial charge is 0.339 e. The lowest BCUT2D eigenvalue weighted by Crippen LogP contribution is -2.49. The van der Waals surface area contributed by atoms with Gasteiger partial charge in [0.1, 0.15) is 5.41 Å². The number of carbonyl (C=O) groups is 2. The molecular weight excluding hydrogens is 314 g/mol. The molecule has 1 unspecified atom stereocenters. The summed E-state index contributed by atoms with van der Waals surface area (Å²) in [7, 11) is 0. The Kier molecular flexibility index (Phi) is 4.56. The predicted octanol–water partition coefficient (Wildman–Crippen LogP) is 3.47. The summed E-state index contributed by atoms with van der Waals surface area (Å²) < 4.78 is 26.3. The standard InChI is InChI=1S/C18H22F2N2O2/c1-2-13-5-3-4-10-22(13)17(24)18(8-9-18)16(23)21-12-6-7-14(19)15(20)11-12/h6-7,11,13H,2-5,8-10H2,1H3,(H,21,23). The van der Waals surface area contributed by atoms with Gasteiger partial charge in [-0.3, -0.25) is 9.59 Å². The van der Waals surface area contributed by atoms with Gasteiger partial charge >= 0.3 is 0 Å². The van der Waals surface area contributed by atoms with E-state index in [2.05, 4.69) is 12.2 Å². The van der Waals surface area contributed by atoms with Crippen molar-refractivity contribution in [2.24, 2.45) is 5.41 Å². The summed E-state index contributed by atoms with van der Waals surface area (Å²) in [6.07, 6.45) is 4.94. The molecule has 1 saturated heterocycles. The summed E-state index contributed by atoms with van der Waals surface area (Å²) in [5.74, 6) is -2.52. The van der Waals surface area contributed by atoms with Crippen molar-refractivity contribution in [3.8, 4) is 0 Å². The quantitative estimate of drug-likeness (QED) is 0.856. The molecule has 4 nitrogen and oxygen atoms in total. The molecule has 3 rings (SSSR count). The molecule has 1 aliphatic heterocycles. The first-order chi connectivity index (χ1) is 11.5. The zero-order valence-electron chi connectivity index (χ0n) is 13.8. The second-order valence-electron chi connectivity index (χ2n) is 6.72. The van der Waals surface area contributed by atoms with Crippen molar-refractivity contribution >= 4 is 17.5 Å². The Hall–Kier alpha value is -1.98. The molecule has 1 saturated carbocycles. The average molecular weight is 336 g/mol. The van der Waals surface area contributed by atoms with E-state index < -0.39 is 23.0 Å². The van der Waals surface area contributed by atoms with Crippen LogP contribution in [0.1, 0.15) is 45.4 Å². The van der Waals surface area contributed by atoms with E-state index in [0.29, 0.717) is 19.4 Å². The maximum Gasteiger partial charge on any atom is 0.240 e. The van der Waals surface area contributed by atoms with Gasteiger partial charge in [0.25, 0.3) is 0 Å². The Morgan fingerprint density at radius 1 is 1.25 bits per heavy atom. The van der Waals surface area contributed by atoms with Crippen LogP contribution in [0.3, 0.4) is 0 Å². The SMILES string of the molecule is CCC1CCCCN1C(=O)C1(C(=O)Nc2ccc(F)c(F)c2)CC1. The van der Waals surface area contributed by atoms with Gasteiger partial charge in [-0.1, -0.05) is 6.92 Å². The number of benzene rings is 1. The van der Waals surface area contributed by atoms with Gasteiger partial charge in [-0.2, -0.15) is 0 Å². The lowest BCUT2D eigenvalue weighted by molar-refractivity contribution is -0.145. The topological polar surface area (TPSA) is 49.4 Å². The van der Waals surface area contributed by atoms with Crippen LogP contribution in [0.5, 0.6) is 0 Å². The highest BCUT2D eigenvalue weighted by Crippen LogP contribution is 2.49. The number of likely N-dealkylation sites (tertiary alicyclic amines) is 1. The zero-order valence-corrected chi connectivity index (χ0v) is 13.8. The first kappa shape index (κ1) is 16.9. The third kappa shape index (κ3) is 3.01. The van der Waals surface area contributed by atoms with Crippen molar-refractivity contribution in [3.05, 3.63) is 29.8 Å². The van der Waals surface area contributed by atoms with E-state index in [9.17, 15) is 18.4 Å². The van der Waals surface area contributed by atoms with E-state index >= 15 is 0 Å². The molecule has 0 spiro atoms. The van der Waals surface area contributed by atoms with Crippen LogP contribution >= 0.6 is 0 Å². The second kappa shape index (κ2) is 6.49. The van der Waals surface area contributed by atoms with Crippen molar-refractivity contribution in [2.75, 3.05) is 11.9 Å². The number of halogens is 2. The van der Waals surface area contributed by atoms with Crippen LogP contribution in [0.2, 0.25) is 0 Å². The van der Waals surface area contributed by atoms with Gasteiger partial charge in [0.2, 0.25) is 11.8 Å². The minimum absolute atomic E-state index is 0.117. The molecule has 2 amide bonds. The zero-order chi connectivity index (χ0) is 17.3. The van der Waals surface area contributed by atoms with Crippen molar-refractivity contribution in [1.82, 2.24) is 4.90 Å². The van der Waals surface area contributed by atoms with Gasteiger partial charge < -0.3 is 10.2 Å². The minimum Gasteiger partial charge on any atom is -0.339 e. The van der Waals surface area contributed by atoms with Crippen LogP contribution in [0.15, 0.2) is 18.2 Å². The number of anilines is 1. The number of amides is 2. The van der Waals surface area contributed by atoms with Crippen molar-refractivity contribution in [1.29, 1.82) is 0 Å². The fraction of sp³-hybridized carbons (Fsp3) is 0.556. The highest BCUT2D eigenvalue weighted by molar-refractivity contribution is 6.13. The molecule has 6 heteroatoms. The smallest absolute Gasteiger partial charge is 0.240 e. The number of nitrogens with zero attached hydrogens (tertiary/aromatic N) is 1. The molecule has 1 aromatic rings. The van der Waals surface area contributed by atoms with Crippen molar-refractivity contribution in [3.63, 3.8) is 0 Å². The normalized spacial score (nSPS) is 22.1. The number of carbonyl (C=O) groups excluding carboxylic acids is 2. The lowest BCUT2D eigenvalue weighted by atomic mass is 9.95. The molecule has 24 heavy (non-hydrogen) atoms. The molecule has 1 aromatic carbocycles. The Bertz CT molecular complexity index is 658. The number of rotatable bonds is 4. The van der Waals surface area contributed by atoms with Crippen LogP contribution in [0.4, 0.5) is 14.5 Å². The molecule has 1 heterocycles. The molecule has 2 aliphatic rings. The van der Waals surface area contributed by atoms with E-state index in [1.165, 1.54) is 6.07 Å². The summed E-state index contributed by atoms with van der Waals surface area (Å²) in [5, 5.41) is 2.57. The van der Waals surface area contributed by atoms with Crippen LogP contribution < -0.4 is 5.32 Å². The average Bonchev–Trinajstić information content (AvgIpc) is 3.39. The molecular formula is C18H22F2N2O2. The first-order valence-corrected chi connectivity index (χ1v) is 8.55. The lowest BCUT2D eigenvalue weighted by Gasteiger charge is -2.37. The Morgan fingerprint density at radius 3 is 2.62 bits per heavy atom. The molecule has 0 aromatic heterocycles. The third-order valence-electron chi connectivity index (χ3n) is 5.13. The van der Waals surface area contributed by atoms with Gasteiger partial charge in [0.05, 0.1) is 0 Å². The van der Waals surface area contributed by atoms with Crippen LogP contribution in [0, 0.1) is 17.0 Å². The van der Waals surface area contributed by atoms with Gasteiger partial charge in [-0.25, -0.2) is 8.78 Å². The fourth-order valence-electron chi connectivity index (χ4n) is 3.45. The van der Waals surface area contributed by atoms with E-state index in [4.69, 9.17) is 0 Å². The Balaban J connectivity index is 1.73. The molecule has 0 bridgehead atoms. The Labute approximate surface area is 140 Å². The van der Waals surface area contributed by atoms with Gasteiger partial charge in [0, 0.05) is 24.3 Å². The number of hydrogen-bond acceptors (Lipinski definition) is 2.